The normalized spacial score (nSPS) is 11.0. The summed E-state index contributed by atoms with van der Waals surface area (Å²) in [6, 6.07) is 2.18. The van der Waals surface area contributed by atoms with E-state index in [1.165, 1.54) is 10.9 Å². The molecule has 0 aromatic carbocycles. The average molecular weight is 235 g/mol. The summed E-state index contributed by atoms with van der Waals surface area (Å²) in [4.78, 5) is 10.6. The van der Waals surface area contributed by atoms with Crippen LogP contribution in [0.15, 0.2) is 18.5 Å². The van der Waals surface area contributed by atoms with Gasteiger partial charge in [-0.15, -0.1) is 5.10 Å². The highest BCUT2D eigenvalue weighted by Crippen LogP contribution is 2.05. The van der Waals surface area contributed by atoms with E-state index in [1.54, 1.807) is 0 Å². The van der Waals surface area contributed by atoms with Crippen molar-refractivity contribution in [1.29, 1.82) is 0 Å². The van der Waals surface area contributed by atoms with Crippen molar-refractivity contribution < 1.29 is 9.90 Å². The second-order valence-electron chi connectivity index (χ2n) is 3.99. The van der Waals surface area contributed by atoms with E-state index in [-0.39, 0.29) is 5.69 Å². The van der Waals surface area contributed by atoms with Gasteiger partial charge in [0.1, 0.15) is 0 Å². The van der Waals surface area contributed by atoms with Gasteiger partial charge in [0.25, 0.3) is 0 Å². The zero-order chi connectivity index (χ0) is 12.4. The molecule has 0 spiro atoms. The number of carboxylic acids is 1. The van der Waals surface area contributed by atoms with Crippen molar-refractivity contribution in [3.05, 3.63) is 29.8 Å². The first-order valence-electron chi connectivity index (χ1n) is 5.23. The highest BCUT2D eigenvalue weighted by Gasteiger charge is 2.09. The fourth-order valence-electron chi connectivity index (χ4n) is 1.39. The monoisotopic (exact) mass is 235 g/mol. The van der Waals surface area contributed by atoms with Gasteiger partial charge in [-0.25, -0.2) is 9.48 Å². The summed E-state index contributed by atoms with van der Waals surface area (Å²) >= 11 is 0. The molecule has 2 aromatic heterocycles. The number of hydrogen-bond acceptors (Lipinski definition) is 4. The van der Waals surface area contributed by atoms with Crippen LogP contribution in [0.3, 0.4) is 0 Å². The quantitative estimate of drug-likeness (QED) is 0.847. The summed E-state index contributed by atoms with van der Waals surface area (Å²) in [5, 5.41) is 20.3. The molecule has 2 rings (SSSR count). The maximum atomic E-state index is 10.6. The van der Waals surface area contributed by atoms with E-state index in [4.69, 9.17) is 5.11 Å². The smallest absolute Gasteiger partial charge is 0.358 e. The molecule has 7 nitrogen and oxygen atoms in total. The van der Waals surface area contributed by atoms with E-state index in [0.29, 0.717) is 12.6 Å². The SMILES string of the molecule is CC(C)n1ccc(Cn2cc(C(=O)O)nn2)n1. The highest BCUT2D eigenvalue weighted by atomic mass is 16.4. The molecule has 90 valence electrons. The zero-order valence-corrected chi connectivity index (χ0v) is 9.61. The Labute approximate surface area is 97.7 Å². The van der Waals surface area contributed by atoms with Crippen LogP contribution in [-0.4, -0.2) is 35.9 Å². The standard InChI is InChI=1S/C10H13N5O2/c1-7(2)15-4-3-8(12-15)5-14-6-9(10(16)17)11-13-14/h3-4,6-7H,5H2,1-2H3,(H,16,17). The summed E-state index contributed by atoms with van der Waals surface area (Å²) in [6.45, 7) is 4.49. The Morgan fingerprint density at radius 3 is 2.82 bits per heavy atom. The van der Waals surface area contributed by atoms with Crippen molar-refractivity contribution in [2.45, 2.75) is 26.4 Å². The van der Waals surface area contributed by atoms with Gasteiger partial charge >= 0.3 is 5.97 Å². The lowest BCUT2D eigenvalue weighted by Crippen LogP contribution is -2.05. The Balaban J connectivity index is 2.11. The van der Waals surface area contributed by atoms with Crippen molar-refractivity contribution in [3.63, 3.8) is 0 Å². The summed E-state index contributed by atoms with van der Waals surface area (Å²) < 4.78 is 3.29. The zero-order valence-electron chi connectivity index (χ0n) is 9.61. The largest absolute Gasteiger partial charge is 0.476 e. The minimum Gasteiger partial charge on any atom is -0.476 e. The first kappa shape index (κ1) is 11.3. The fraction of sp³-hybridized carbons (Fsp3) is 0.400. The van der Waals surface area contributed by atoms with Crippen LogP contribution in [0.2, 0.25) is 0 Å². The molecular weight excluding hydrogens is 222 g/mol. The highest BCUT2D eigenvalue weighted by molar-refractivity contribution is 5.84. The first-order chi connectivity index (χ1) is 8.06. The molecule has 0 aliphatic rings. The van der Waals surface area contributed by atoms with E-state index < -0.39 is 5.97 Å². The molecule has 17 heavy (non-hydrogen) atoms. The number of carboxylic acid groups (broad SMARTS) is 1. The minimum atomic E-state index is -1.08. The average Bonchev–Trinajstić information content (AvgIpc) is 2.87. The van der Waals surface area contributed by atoms with Gasteiger partial charge in [0.15, 0.2) is 5.69 Å². The lowest BCUT2D eigenvalue weighted by atomic mass is 10.4. The second-order valence-corrected chi connectivity index (χ2v) is 3.99. The fourth-order valence-corrected chi connectivity index (χ4v) is 1.39. The molecule has 0 saturated heterocycles. The van der Waals surface area contributed by atoms with E-state index in [1.807, 2.05) is 30.8 Å². The molecule has 0 atom stereocenters. The first-order valence-corrected chi connectivity index (χ1v) is 5.23. The van der Waals surface area contributed by atoms with Crippen LogP contribution in [0.4, 0.5) is 0 Å². The van der Waals surface area contributed by atoms with Crippen LogP contribution in [0.5, 0.6) is 0 Å². The summed E-state index contributed by atoms with van der Waals surface area (Å²) in [6.07, 6.45) is 3.27. The Kier molecular flexibility index (Phi) is 2.90. The van der Waals surface area contributed by atoms with Gasteiger partial charge in [-0.05, 0) is 19.9 Å². The molecule has 2 aromatic rings. The molecule has 0 fully saturated rings. The molecule has 0 radical (unpaired) electrons. The van der Waals surface area contributed by atoms with Gasteiger partial charge in [0.05, 0.1) is 18.4 Å². The molecule has 1 N–H and O–H groups in total. The molecule has 0 saturated carbocycles. The number of aromatic nitrogens is 5. The van der Waals surface area contributed by atoms with Gasteiger partial charge in [0.2, 0.25) is 0 Å². The number of hydrogen-bond donors (Lipinski definition) is 1. The van der Waals surface area contributed by atoms with Gasteiger partial charge in [0, 0.05) is 12.2 Å². The van der Waals surface area contributed by atoms with Crippen molar-refractivity contribution in [3.8, 4) is 0 Å². The maximum Gasteiger partial charge on any atom is 0.358 e. The third-order valence-corrected chi connectivity index (χ3v) is 2.27. The van der Waals surface area contributed by atoms with Crippen LogP contribution >= 0.6 is 0 Å². The van der Waals surface area contributed by atoms with Gasteiger partial charge in [-0.3, -0.25) is 4.68 Å². The van der Waals surface area contributed by atoms with Crippen LogP contribution in [0.25, 0.3) is 0 Å². The minimum absolute atomic E-state index is 0.0618. The summed E-state index contributed by atoms with van der Waals surface area (Å²) in [5.41, 5.74) is 0.758. The van der Waals surface area contributed by atoms with Crippen molar-refractivity contribution >= 4 is 5.97 Å². The van der Waals surface area contributed by atoms with Gasteiger partial charge < -0.3 is 5.11 Å². The molecule has 0 unspecified atom stereocenters. The maximum absolute atomic E-state index is 10.6. The van der Waals surface area contributed by atoms with E-state index >= 15 is 0 Å². The van der Waals surface area contributed by atoms with Crippen LogP contribution in [0.1, 0.15) is 36.1 Å². The Hall–Kier alpha value is -2.18. The molecular formula is C10H13N5O2. The van der Waals surface area contributed by atoms with Crippen LogP contribution in [-0.2, 0) is 6.54 Å². The number of rotatable bonds is 4. The lowest BCUT2D eigenvalue weighted by Gasteiger charge is -2.03. The summed E-state index contributed by atoms with van der Waals surface area (Å²) in [5.74, 6) is -1.08. The van der Waals surface area contributed by atoms with Crippen molar-refractivity contribution in [2.24, 2.45) is 0 Å². The van der Waals surface area contributed by atoms with E-state index in [2.05, 4.69) is 15.4 Å². The Morgan fingerprint density at radius 2 is 2.29 bits per heavy atom. The van der Waals surface area contributed by atoms with Crippen molar-refractivity contribution in [1.82, 2.24) is 24.8 Å². The van der Waals surface area contributed by atoms with Crippen LogP contribution < -0.4 is 0 Å². The van der Waals surface area contributed by atoms with Crippen molar-refractivity contribution in [2.75, 3.05) is 0 Å². The molecule has 0 bridgehead atoms. The molecule has 0 aliphatic heterocycles. The Bertz CT molecular complexity index is 528. The Morgan fingerprint density at radius 1 is 1.53 bits per heavy atom. The molecule has 0 aliphatic carbocycles. The van der Waals surface area contributed by atoms with Crippen LogP contribution in [0, 0.1) is 0 Å². The van der Waals surface area contributed by atoms with E-state index in [0.717, 1.165) is 5.69 Å². The van der Waals surface area contributed by atoms with Gasteiger partial charge in [-0.2, -0.15) is 5.10 Å². The topological polar surface area (TPSA) is 85.8 Å². The third kappa shape index (κ3) is 2.49. The van der Waals surface area contributed by atoms with Gasteiger partial charge in [-0.1, -0.05) is 5.21 Å². The predicted octanol–water partition coefficient (Wildman–Crippen LogP) is 0.802. The molecule has 7 heteroatoms. The molecule has 0 amide bonds. The second kappa shape index (κ2) is 4.36. The molecule has 2 heterocycles. The number of nitrogens with zero attached hydrogens (tertiary/aromatic N) is 5. The third-order valence-electron chi connectivity index (χ3n) is 2.27. The predicted molar refractivity (Wildman–Crippen MR) is 58.7 cm³/mol. The summed E-state index contributed by atoms with van der Waals surface area (Å²) in [7, 11) is 0. The lowest BCUT2D eigenvalue weighted by molar-refractivity contribution is 0.0690. The number of aromatic carboxylic acids is 1. The number of carbonyl (C=O) groups is 1. The van der Waals surface area contributed by atoms with E-state index in [9.17, 15) is 4.79 Å².